The molecule has 18 heavy (non-hydrogen) atoms. The van der Waals surface area contributed by atoms with Gasteiger partial charge in [0.05, 0.1) is 5.69 Å². The van der Waals surface area contributed by atoms with Gasteiger partial charge in [0.1, 0.15) is 0 Å². The van der Waals surface area contributed by atoms with Crippen molar-refractivity contribution in [2.24, 2.45) is 0 Å². The number of anilines is 1. The summed E-state index contributed by atoms with van der Waals surface area (Å²) in [5.41, 5.74) is 3.05. The van der Waals surface area contributed by atoms with Crippen LogP contribution in [0.4, 0.5) is 18.9 Å². The van der Waals surface area contributed by atoms with Gasteiger partial charge in [-0.2, -0.15) is 13.2 Å². The predicted molar refractivity (Wildman–Crippen MR) is 68.2 cm³/mol. The summed E-state index contributed by atoms with van der Waals surface area (Å²) < 4.78 is 37.1. The van der Waals surface area contributed by atoms with Crippen molar-refractivity contribution in [1.29, 1.82) is 0 Å². The summed E-state index contributed by atoms with van der Waals surface area (Å²) >= 11 is -0.189. The Morgan fingerprint density at radius 1 is 0.889 bits per heavy atom. The zero-order chi connectivity index (χ0) is 13.2. The van der Waals surface area contributed by atoms with Crippen LogP contribution in [0.1, 0.15) is 0 Å². The lowest BCUT2D eigenvalue weighted by Gasteiger charge is -2.12. The maximum atomic E-state index is 12.4. The normalized spacial score (nSPS) is 11.5. The van der Waals surface area contributed by atoms with Gasteiger partial charge in [0.2, 0.25) is 0 Å². The van der Waals surface area contributed by atoms with Crippen molar-refractivity contribution in [2.75, 3.05) is 5.73 Å². The van der Waals surface area contributed by atoms with Crippen LogP contribution in [0.2, 0.25) is 0 Å². The average molecular weight is 269 g/mol. The number of nitrogens with two attached hydrogens (primary N) is 1. The molecule has 0 aliphatic carbocycles. The van der Waals surface area contributed by atoms with Gasteiger partial charge in [0.15, 0.2) is 0 Å². The van der Waals surface area contributed by atoms with Crippen molar-refractivity contribution in [3.8, 4) is 11.1 Å². The third-order valence-electron chi connectivity index (χ3n) is 2.38. The molecule has 0 fully saturated rings. The fourth-order valence-electron chi connectivity index (χ4n) is 1.63. The molecule has 0 saturated heterocycles. The summed E-state index contributed by atoms with van der Waals surface area (Å²) in [4.78, 5) is 0.0313. The number of halogens is 3. The first-order valence-corrected chi connectivity index (χ1v) is 5.99. The van der Waals surface area contributed by atoms with Gasteiger partial charge in [-0.05, 0) is 23.4 Å². The van der Waals surface area contributed by atoms with E-state index in [1.54, 1.807) is 12.1 Å². The van der Waals surface area contributed by atoms with Crippen LogP contribution >= 0.6 is 11.8 Å². The largest absolute Gasteiger partial charge is 0.446 e. The molecular formula is C13H10F3NS. The van der Waals surface area contributed by atoms with Crippen molar-refractivity contribution < 1.29 is 13.2 Å². The van der Waals surface area contributed by atoms with Crippen molar-refractivity contribution in [2.45, 2.75) is 10.4 Å². The summed E-state index contributed by atoms with van der Waals surface area (Å²) in [6.45, 7) is 0. The van der Waals surface area contributed by atoms with Gasteiger partial charge in [0, 0.05) is 10.5 Å². The van der Waals surface area contributed by atoms with Crippen LogP contribution in [0.5, 0.6) is 0 Å². The van der Waals surface area contributed by atoms with Crippen LogP contribution in [-0.2, 0) is 0 Å². The van der Waals surface area contributed by atoms with Crippen LogP contribution in [0.15, 0.2) is 53.4 Å². The summed E-state index contributed by atoms with van der Waals surface area (Å²) in [5, 5.41) is 0. The topological polar surface area (TPSA) is 26.0 Å². The molecule has 0 aliphatic heterocycles. The number of hydrogen-bond acceptors (Lipinski definition) is 2. The smallest absolute Gasteiger partial charge is 0.397 e. The minimum absolute atomic E-state index is 0.0313. The highest BCUT2D eigenvalue weighted by molar-refractivity contribution is 8.00. The molecule has 0 spiro atoms. The molecule has 0 atom stereocenters. The first-order chi connectivity index (χ1) is 8.47. The van der Waals surface area contributed by atoms with Gasteiger partial charge in [-0.25, -0.2) is 0 Å². The number of nitrogen functional groups attached to an aromatic ring is 1. The number of hydrogen-bond donors (Lipinski definition) is 1. The van der Waals surface area contributed by atoms with E-state index in [-0.39, 0.29) is 22.3 Å². The second-order valence-corrected chi connectivity index (χ2v) is 4.74. The van der Waals surface area contributed by atoms with E-state index in [1.807, 2.05) is 30.3 Å². The molecule has 94 valence electrons. The number of rotatable bonds is 2. The van der Waals surface area contributed by atoms with Crippen molar-refractivity contribution in [1.82, 2.24) is 0 Å². The lowest BCUT2D eigenvalue weighted by atomic mass is 10.0. The second kappa shape index (κ2) is 4.94. The number of benzene rings is 2. The zero-order valence-corrected chi connectivity index (χ0v) is 10.1. The molecule has 0 radical (unpaired) electrons. The van der Waals surface area contributed by atoms with E-state index in [1.165, 1.54) is 6.07 Å². The van der Waals surface area contributed by atoms with E-state index < -0.39 is 5.51 Å². The van der Waals surface area contributed by atoms with Crippen LogP contribution in [0.3, 0.4) is 0 Å². The summed E-state index contributed by atoms with van der Waals surface area (Å²) in [5.74, 6) is 0. The molecule has 2 aromatic rings. The van der Waals surface area contributed by atoms with E-state index in [9.17, 15) is 13.2 Å². The maximum Gasteiger partial charge on any atom is 0.446 e. The third kappa shape index (κ3) is 2.98. The minimum Gasteiger partial charge on any atom is -0.397 e. The monoisotopic (exact) mass is 269 g/mol. The molecule has 2 rings (SSSR count). The van der Waals surface area contributed by atoms with E-state index in [0.717, 1.165) is 5.56 Å². The molecule has 2 aromatic carbocycles. The molecule has 0 aliphatic rings. The van der Waals surface area contributed by atoms with Crippen molar-refractivity contribution >= 4 is 17.4 Å². The molecule has 0 heterocycles. The lowest BCUT2D eigenvalue weighted by molar-refractivity contribution is -0.0327. The average Bonchev–Trinajstić information content (AvgIpc) is 2.31. The Morgan fingerprint density at radius 3 is 2.17 bits per heavy atom. The Bertz CT molecular complexity index is 538. The first-order valence-electron chi connectivity index (χ1n) is 5.17. The second-order valence-electron chi connectivity index (χ2n) is 3.63. The molecular weight excluding hydrogens is 259 g/mol. The fourth-order valence-corrected chi connectivity index (χ4v) is 2.24. The van der Waals surface area contributed by atoms with Crippen molar-refractivity contribution in [3.05, 3.63) is 48.5 Å². The first kappa shape index (κ1) is 12.8. The van der Waals surface area contributed by atoms with Crippen molar-refractivity contribution in [3.63, 3.8) is 0 Å². The van der Waals surface area contributed by atoms with Gasteiger partial charge in [-0.1, -0.05) is 42.5 Å². The predicted octanol–water partition coefficient (Wildman–Crippen LogP) is 4.55. The third-order valence-corrected chi connectivity index (χ3v) is 3.18. The van der Waals surface area contributed by atoms with Gasteiger partial charge >= 0.3 is 5.51 Å². The van der Waals surface area contributed by atoms with Gasteiger partial charge < -0.3 is 5.73 Å². The Balaban J connectivity index is 2.43. The van der Waals surface area contributed by atoms with E-state index in [4.69, 9.17) is 5.73 Å². The Labute approximate surface area is 107 Å². The Hall–Kier alpha value is -1.62. The van der Waals surface area contributed by atoms with Crippen LogP contribution in [0, 0.1) is 0 Å². The number of alkyl halides is 3. The highest BCUT2D eigenvalue weighted by Gasteiger charge is 2.30. The summed E-state index contributed by atoms with van der Waals surface area (Å²) in [7, 11) is 0. The molecule has 0 aromatic heterocycles. The van der Waals surface area contributed by atoms with Gasteiger partial charge in [-0.15, -0.1) is 0 Å². The fraction of sp³-hybridized carbons (Fsp3) is 0.0769. The van der Waals surface area contributed by atoms with E-state index >= 15 is 0 Å². The van der Waals surface area contributed by atoms with Crippen LogP contribution in [-0.4, -0.2) is 5.51 Å². The zero-order valence-electron chi connectivity index (χ0n) is 9.24. The van der Waals surface area contributed by atoms with Gasteiger partial charge in [0.25, 0.3) is 0 Å². The van der Waals surface area contributed by atoms with Gasteiger partial charge in [-0.3, -0.25) is 0 Å². The molecule has 0 unspecified atom stereocenters. The van der Waals surface area contributed by atoms with Crippen LogP contribution < -0.4 is 5.73 Å². The Kier molecular flexibility index (Phi) is 3.52. The van der Waals surface area contributed by atoms with Crippen LogP contribution in [0.25, 0.3) is 11.1 Å². The standard InChI is InChI=1S/C13H10F3NS/c14-13(15,16)18-11-8-4-7-10(12(11)17)9-5-2-1-3-6-9/h1-8H,17H2. The molecule has 0 bridgehead atoms. The Morgan fingerprint density at radius 2 is 1.56 bits per heavy atom. The minimum atomic E-state index is -4.33. The quantitative estimate of drug-likeness (QED) is 0.639. The molecule has 0 amide bonds. The lowest BCUT2D eigenvalue weighted by Crippen LogP contribution is -2.02. The summed E-state index contributed by atoms with van der Waals surface area (Å²) in [6, 6.07) is 13.8. The molecule has 0 saturated carbocycles. The highest BCUT2D eigenvalue weighted by atomic mass is 32.2. The SMILES string of the molecule is Nc1c(SC(F)(F)F)cccc1-c1ccccc1. The number of thioether (sulfide) groups is 1. The summed E-state index contributed by atoms with van der Waals surface area (Å²) in [6.07, 6.45) is 0. The molecule has 1 nitrogen and oxygen atoms in total. The molecule has 5 heteroatoms. The highest BCUT2D eigenvalue weighted by Crippen LogP contribution is 2.42. The number of para-hydroxylation sites is 1. The maximum absolute atomic E-state index is 12.4. The van der Waals surface area contributed by atoms with E-state index in [2.05, 4.69) is 0 Å². The molecule has 2 N–H and O–H groups in total. The van der Waals surface area contributed by atoms with E-state index in [0.29, 0.717) is 5.56 Å².